The number of hydrogen-bond donors (Lipinski definition) is 1. The summed E-state index contributed by atoms with van der Waals surface area (Å²) in [4.78, 5) is 0. The van der Waals surface area contributed by atoms with Gasteiger partial charge in [-0.25, -0.2) is 8.78 Å². The van der Waals surface area contributed by atoms with E-state index in [4.69, 9.17) is 0 Å². The summed E-state index contributed by atoms with van der Waals surface area (Å²) in [6, 6.07) is 0. The molecule has 0 aromatic heterocycles. The second-order valence-electron chi connectivity index (χ2n) is 2.97. The van der Waals surface area contributed by atoms with Gasteiger partial charge in [-0.15, -0.1) is 12.4 Å². The maximum Gasteiger partial charge on any atom is 0.297 e. The average molecular weight is 198 g/mol. The monoisotopic (exact) mass is 197 g/mol. The molecule has 0 aromatic carbocycles. The van der Waals surface area contributed by atoms with Crippen molar-refractivity contribution < 1.29 is 8.78 Å². The normalized spacial score (nSPS) is 29.2. The zero-order valence-corrected chi connectivity index (χ0v) is 7.20. The van der Waals surface area contributed by atoms with Gasteiger partial charge < -0.3 is 5.32 Å². The van der Waals surface area contributed by atoms with E-state index in [1.807, 2.05) is 0 Å². The van der Waals surface area contributed by atoms with Gasteiger partial charge in [0.2, 0.25) is 0 Å². The third-order valence-electron chi connectivity index (χ3n) is 2.19. The molecular formula is C6H10ClF2N3. The van der Waals surface area contributed by atoms with Crippen LogP contribution in [0.3, 0.4) is 0 Å². The number of halogens is 3. The number of nitrogens with zero attached hydrogens (tertiary/aromatic N) is 2. The molecule has 0 amide bonds. The molecule has 70 valence electrons. The van der Waals surface area contributed by atoms with Crippen molar-refractivity contribution in [1.82, 2.24) is 5.32 Å². The molecule has 0 aromatic rings. The van der Waals surface area contributed by atoms with E-state index in [2.05, 4.69) is 15.5 Å². The average Bonchev–Trinajstić information content (AvgIpc) is 2.68. The molecule has 1 N–H and O–H groups in total. The quantitative estimate of drug-likeness (QED) is 0.629. The molecule has 1 spiro atoms. The summed E-state index contributed by atoms with van der Waals surface area (Å²) in [6.07, 6.45) is 0.181. The largest absolute Gasteiger partial charge is 0.316 e. The molecule has 0 radical (unpaired) electrons. The van der Waals surface area contributed by atoms with Gasteiger partial charge in [0.1, 0.15) is 0 Å². The van der Waals surface area contributed by atoms with Gasteiger partial charge >= 0.3 is 0 Å². The van der Waals surface area contributed by atoms with E-state index in [1.165, 1.54) is 0 Å². The Morgan fingerprint density at radius 2 is 1.67 bits per heavy atom. The molecule has 0 bridgehead atoms. The van der Waals surface area contributed by atoms with Crippen molar-refractivity contribution >= 4 is 12.4 Å². The highest BCUT2D eigenvalue weighted by Gasteiger charge is 2.61. The third-order valence-corrected chi connectivity index (χ3v) is 2.19. The second kappa shape index (κ2) is 2.88. The van der Waals surface area contributed by atoms with Gasteiger partial charge in [-0.05, 0) is 6.54 Å². The van der Waals surface area contributed by atoms with Crippen molar-refractivity contribution in [1.29, 1.82) is 0 Å². The van der Waals surface area contributed by atoms with Crippen LogP contribution in [0.15, 0.2) is 10.2 Å². The van der Waals surface area contributed by atoms with E-state index in [9.17, 15) is 8.78 Å². The van der Waals surface area contributed by atoms with Gasteiger partial charge in [0, 0.05) is 19.4 Å². The van der Waals surface area contributed by atoms with E-state index in [1.54, 1.807) is 0 Å². The van der Waals surface area contributed by atoms with E-state index in [0.29, 0.717) is 19.5 Å². The zero-order valence-electron chi connectivity index (χ0n) is 6.39. The fraction of sp³-hybridized carbons (Fsp3) is 1.00. The summed E-state index contributed by atoms with van der Waals surface area (Å²) in [5.74, 6) is -2.73. The topological polar surface area (TPSA) is 36.8 Å². The minimum Gasteiger partial charge on any atom is -0.316 e. The molecule has 12 heavy (non-hydrogen) atoms. The van der Waals surface area contributed by atoms with Crippen molar-refractivity contribution in [2.24, 2.45) is 10.2 Å². The lowest BCUT2D eigenvalue weighted by atomic mass is 10.0. The van der Waals surface area contributed by atoms with E-state index in [-0.39, 0.29) is 18.8 Å². The SMILES string of the molecule is Cl.FC1(F)CCNCCC12N=N2. The first-order valence-corrected chi connectivity index (χ1v) is 3.69. The van der Waals surface area contributed by atoms with Crippen molar-refractivity contribution in [3.05, 3.63) is 0 Å². The summed E-state index contributed by atoms with van der Waals surface area (Å²) in [5, 5.41) is 9.78. The summed E-state index contributed by atoms with van der Waals surface area (Å²) < 4.78 is 26.2. The number of rotatable bonds is 0. The molecule has 2 aliphatic heterocycles. The second-order valence-corrected chi connectivity index (χ2v) is 2.97. The van der Waals surface area contributed by atoms with Gasteiger partial charge in [-0.2, -0.15) is 10.2 Å². The van der Waals surface area contributed by atoms with E-state index >= 15 is 0 Å². The molecule has 2 heterocycles. The van der Waals surface area contributed by atoms with Gasteiger partial charge in [0.25, 0.3) is 11.6 Å². The fourth-order valence-electron chi connectivity index (χ4n) is 1.32. The number of alkyl halides is 2. The summed E-state index contributed by atoms with van der Waals surface area (Å²) >= 11 is 0. The molecular weight excluding hydrogens is 188 g/mol. The van der Waals surface area contributed by atoms with E-state index in [0.717, 1.165) is 0 Å². The lowest BCUT2D eigenvalue weighted by Crippen LogP contribution is -2.36. The Hall–Kier alpha value is -0.290. The lowest BCUT2D eigenvalue weighted by molar-refractivity contribution is -0.0467. The van der Waals surface area contributed by atoms with Crippen LogP contribution >= 0.6 is 12.4 Å². The standard InChI is InChI=1S/C6H9F2N3.ClH/c7-5(8)1-3-9-4-2-6(5)10-11-6;/h9H,1-4H2;1H. The Morgan fingerprint density at radius 1 is 1.08 bits per heavy atom. The van der Waals surface area contributed by atoms with Crippen molar-refractivity contribution in [2.75, 3.05) is 13.1 Å². The molecule has 0 unspecified atom stereocenters. The van der Waals surface area contributed by atoms with Gasteiger partial charge in [0.05, 0.1) is 0 Å². The molecule has 0 aliphatic carbocycles. The highest BCUT2D eigenvalue weighted by molar-refractivity contribution is 5.85. The van der Waals surface area contributed by atoms with Crippen molar-refractivity contribution in [3.8, 4) is 0 Å². The highest BCUT2D eigenvalue weighted by Crippen LogP contribution is 2.48. The van der Waals surface area contributed by atoms with Crippen molar-refractivity contribution in [2.45, 2.75) is 24.4 Å². The van der Waals surface area contributed by atoms with Crippen LogP contribution in [0.1, 0.15) is 12.8 Å². The third kappa shape index (κ3) is 1.31. The van der Waals surface area contributed by atoms with Gasteiger partial charge in [-0.1, -0.05) is 0 Å². The van der Waals surface area contributed by atoms with Crippen LogP contribution in [-0.4, -0.2) is 24.7 Å². The smallest absolute Gasteiger partial charge is 0.297 e. The Bertz CT molecular complexity index is 195. The van der Waals surface area contributed by atoms with Crippen molar-refractivity contribution in [3.63, 3.8) is 0 Å². The molecule has 2 aliphatic rings. The van der Waals surface area contributed by atoms with Gasteiger partial charge in [-0.3, -0.25) is 0 Å². The van der Waals surface area contributed by atoms with Crippen LogP contribution in [0.4, 0.5) is 8.78 Å². The predicted octanol–water partition coefficient (Wildman–Crippen LogP) is 1.59. The Balaban J connectivity index is 0.000000720. The maximum absolute atomic E-state index is 13.1. The van der Waals surface area contributed by atoms with Crippen LogP contribution in [0, 0.1) is 0 Å². The first-order chi connectivity index (χ1) is 5.16. The lowest BCUT2D eigenvalue weighted by Gasteiger charge is -2.18. The number of hydrogen-bond acceptors (Lipinski definition) is 3. The molecule has 3 nitrogen and oxygen atoms in total. The Kier molecular flexibility index (Phi) is 2.35. The first kappa shape index (κ1) is 9.80. The first-order valence-electron chi connectivity index (χ1n) is 3.69. The fourth-order valence-corrected chi connectivity index (χ4v) is 1.32. The molecule has 0 atom stereocenters. The summed E-state index contributed by atoms with van der Waals surface area (Å²) in [7, 11) is 0. The Morgan fingerprint density at radius 3 is 2.25 bits per heavy atom. The molecule has 2 rings (SSSR count). The van der Waals surface area contributed by atoms with Crippen LogP contribution < -0.4 is 5.32 Å². The minimum atomic E-state index is -2.73. The van der Waals surface area contributed by atoms with Crippen LogP contribution in [0.25, 0.3) is 0 Å². The van der Waals surface area contributed by atoms with Crippen LogP contribution in [0.5, 0.6) is 0 Å². The zero-order chi connectivity index (χ0) is 7.95. The summed E-state index contributed by atoms with van der Waals surface area (Å²) in [5.41, 5.74) is -1.34. The predicted molar refractivity (Wildman–Crippen MR) is 41.9 cm³/mol. The minimum absolute atomic E-state index is 0. The number of nitrogens with one attached hydrogen (secondary N) is 1. The maximum atomic E-state index is 13.1. The molecule has 6 heteroatoms. The summed E-state index contributed by atoms with van der Waals surface area (Å²) in [6.45, 7) is 0.947. The molecule has 1 fully saturated rings. The van der Waals surface area contributed by atoms with E-state index < -0.39 is 11.6 Å². The molecule has 0 saturated carbocycles. The molecule has 1 saturated heterocycles. The Labute approximate surface area is 75.0 Å². The van der Waals surface area contributed by atoms with Crippen LogP contribution in [-0.2, 0) is 0 Å². The van der Waals surface area contributed by atoms with Crippen LogP contribution in [0.2, 0.25) is 0 Å². The van der Waals surface area contributed by atoms with Gasteiger partial charge in [0.15, 0.2) is 0 Å². The highest BCUT2D eigenvalue weighted by atomic mass is 35.5.